The highest BCUT2D eigenvalue weighted by Gasteiger charge is 2.31. The van der Waals surface area contributed by atoms with Crippen molar-refractivity contribution >= 4 is 17.6 Å². The van der Waals surface area contributed by atoms with Crippen LogP contribution in [0, 0.1) is 17.0 Å². The first-order valence-corrected chi connectivity index (χ1v) is 7.02. The molecule has 2 heterocycles. The Morgan fingerprint density at radius 3 is 2.71 bits per heavy atom. The van der Waals surface area contributed by atoms with Gasteiger partial charge in [0, 0.05) is 24.5 Å². The van der Waals surface area contributed by atoms with Crippen molar-refractivity contribution in [1.82, 2.24) is 4.98 Å². The molecule has 0 saturated heterocycles. The number of aromatic nitrogens is 1. The van der Waals surface area contributed by atoms with Gasteiger partial charge in [0.15, 0.2) is 0 Å². The van der Waals surface area contributed by atoms with Crippen LogP contribution in [0.2, 0.25) is 0 Å². The monoisotopic (exact) mass is 335 g/mol. The van der Waals surface area contributed by atoms with E-state index in [-0.39, 0.29) is 18.1 Å². The number of nitrogens with zero attached hydrogens (tertiary/aromatic N) is 3. The van der Waals surface area contributed by atoms with Crippen LogP contribution in [0.15, 0.2) is 36.7 Å². The highest BCUT2D eigenvalue weighted by molar-refractivity contribution is 5.71. The second kappa shape index (κ2) is 5.63. The van der Waals surface area contributed by atoms with Gasteiger partial charge in [0.25, 0.3) is 5.69 Å². The first-order chi connectivity index (χ1) is 11.3. The number of alkyl halides is 3. The number of anilines is 1. The lowest BCUT2D eigenvalue weighted by molar-refractivity contribution is -0.385. The Bertz CT molecular complexity index is 847. The summed E-state index contributed by atoms with van der Waals surface area (Å²) in [7, 11) is 0. The summed E-state index contributed by atoms with van der Waals surface area (Å²) in [4.78, 5) is 16.3. The number of benzene rings is 1. The third-order valence-corrected chi connectivity index (χ3v) is 3.82. The molecule has 0 aliphatic carbocycles. The topological polar surface area (TPSA) is 59.3 Å². The Labute approximate surface area is 135 Å². The summed E-state index contributed by atoms with van der Waals surface area (Å²) in [6, 6.07) is 5.23. The van der Waals surface area contributed by atoms with Crippen molar-refractivity contribution in [2.45, 2.75) is 19.6 Å². The average Bonchev–Trinajstić information content (AvgIpc) is 2.53. The maximum absolute atomic E-state index is 12.8. The molecule has 3 rings (SSSR count). The number of hydrogen-bond donors (Lipinski definition) is 0. The van der Waals surface area contributed by atoms with Gasteiger partial charge >= 0.3 is 6.18 Å². The lowest BCUT2D eigenvalue weighted by Crippen LogP contribution is -2.21. The quantitative estimate of drug-likeness (QED) is 0.606. The zero-order valence-electron chi connectivity index (χ0n) is 12.5. The summed E-state index contributed by atoms with van der Waals surface area (Å²) in [6.07, 6.45) is -0.312. The standard InChI is InChI=1S/C16H12F3N3O2/c1-10-2-3-11-9-21(7-5-13(11)15(10)22(23)24)14-8-12(4-6-20-14)16(17,18)19/h2-8H,9H2,1H3. The number of nitro benzene ring substituents is 1. The highest BCUT2D eigenvalue weighted by atomic mass is 19.4. The fourth-order valence-electron chi connectivity index (χ4n) is 2.63. The van der Waals surface area contributed by atoms with Crippen molar-refractivity contribution in [2.75, 3.05) is 4.90 Å². The molecule has 0 saturated carbocycles. The minimum Gasteiger partial charge on any atom is -0.329 e. The van der Waals surface area contributed by atoms with E-state index in [9.17, 15) is 23.3 Å². The maximum atomic E-state index is 12.8. The van der Waals surface area contributed by atoms with Gasteiger partial charge in [-0.25, -0.2) is 4.98 Å². The van der Waals surface area contributed by atoms with Crippen molar-refractivity contribution in [2.24, 2.45) is 0 Å². The molecule has 2 aromatic rings. The summed E-state index contributed by atoms with van der Waals surface area (Å²) in [5, 5.41) is 11.2. The Balaban J connectivity index is 1.99. The molecule has 24 heavy (non-hydrogen) atoms. The van der Waals surface area contributed by atoms with Gasteiger partial charge in [-0.15, -0.1) is 0 Å². The Kier molecular flexibility index (Phi) is 3.75. The Morgan fingerprint density at radius 2 is 2.04 bits per heavy atom. The van der Waals surface area contributed by atoms with E-state index >= 15 is 0 Å². The van der Waals surface area contributed by atoms with Crippen LogP contribution < -0.4 is 4.90 Å². The summed E-state index contributed by atoms with van der Waals surface area (Å²) in [6.45, 7) is 1.86. The number of fused-ring (bicyclic) bond motifs is 1. The zero-order chi connectivity index (χ0) is 17.5. The van der Waals surface area contributed by atoms with Crippen LogP contribution in [0.5, 0.6) is 0 Å². The minimum atomic E-state index is -4.45. The van der Waals surface area contributed by atoms with Crippen LogP contribution >= 0.6 is 0 Å². The van der Waals surface area contributed by atoms with Gasteiger partial charge < -0.3 is 4.90 Å². The summed E-state index contributed by atoms with van der Waals surface area (Å²) < 4.78 is 38.5. The van der Waals surface area contributed by atoms with Crippen molar-refractivity contribution in [1.29, 1.82) is 0 Å². The number of pyridine rings is 1. The normalized spacial score (nSPS) is 13.8. The van der Waals surface area contributed by atoms with Gasteiger partial charge in [-0.1, -0.05) is 12.1 Å². The van der Waals surface area contributed by atoms with Crippen LogP contribution in [0.25, 0.3) is 6.08 Å². The Hall–Kier alpha value is -2.90. The van der Waals surface area contributed by atoms with Crippen molar-refractivity contribution in [3.63, 3.8) is 0 Å². The molecule has 5 nitrogen and oxygen atoms in total. The molecule has 0 fully saturated rings. The van der Waals surface area contributed by atoms with E-state index in [0.29, 0.717) is 16.7 Å². The van der Waals surface area contributed by atoms with Gasteiger partial charge in [-0.3, -0.25) is 10.1 Å². The average molecular weight is 335 g/mol. The first kappa shape index (κ1) is 16.0. The predicted molar refractivity (Wildman–Crippen MR) is 82.3 cm³/mol. The molecule has 1 aliphatic heterocycles. The van der Waals surface area contributed by atoms with E-state index in [1.54, 1.807) is 19.1 Å². The van der Waals surface area contributed by atoms with Crippen LogP contribution in [0.4, 0.5) is 24.7 Å². The second-order valence-electron chi connectivity index (χ2n) is 5.41. The molecule has 8 heteroatoms. The molecule has 0 unspecified atom stereocenters. The molecular weight excluding hydrogens is 323 g/mol. The van der Waals surface area contributed by atoms with Gasteiger partial charge in [0.2, 0.25) is 0 Å². The van der Waals surface area contributed by atoms with Crippen molar-refractivity contribution in [3.05, 3.63) is 69.0 Å². The third kappa shape index (κ3) is 2.82. The fraction of sp³-hybridized carbons (Fsp3) is 0.188. The fourth-order valence-corrected chi connectivity index (χ4v) is 2.63. The molecule has 0 spiro atoms. The molecule has 0 atom stereocenters. The molecule has 0 amide bonds. The lowest BCUT2D eigenvalue weighted by Gasteiger charge is -2.25. The number of halogens is 3. The molecule has 0 radical (unpaired) electrons. The minimum absolute atomic E-state index is 0.0143. The van der Waals surface area contributed by atoms with Gasteiger partial charge in [-0.2, -0.15) is 13.2 Å². The lowest BCUT2D eigenvalue weighted by atomic mass is 9.99. The SMILES string of the molecule is Cc1ccc2c(c1[N+](=O)[O-])C=CN(c1cc(C(F)(F)F)ccn1)C2. The van der Waals surface area contributed by atoms with E-state index in [0.717, 1.165) is 18.3 Å². The first-order valence-electron chi connectivity index (χ1n) is 7.02. The maximum Gasteiger partial charge on any atom is 0.416 e. The number of nitro groups is 1. The Morgan fingerprint density at radius 1 is 1.29 bits per heavy atom. The molecular formula is C16H12F3N3O2. The molecule has 124 valence electrons. The van der Waals surface area contributed by atoms with E-state index < -0.39 is 16.7 Å². The molecule has 1 aromatic heterocycles. The van der Waals surface area contributed by atoms with E-state index in [2.05, 4.69) is 4.98 Å². The highest BCUT2D eigenvalue weighted by Crippen LogP contribution is 2.35. The van der Waals surface area contributed by atoms with Crippen molar-refractivity contribution < 1.29 is 18.1 Å². The molecule has 1 aromatic carbocycles. The van der Waals surface area contributed by atoms with E-state index in [1.807, 2.05) is 0 Å². The number of rotatable bonds is 2. The smallest absolute Gasteiger partial charge is 0.329 e. The molecule has 0 bridgehead atoms. The largest absolute Gasteiger partial charge is 0.416 e. The molecule has 1 aliphatic rings. The van der Waals surface area contributed by atoms with Crippen molar-refractivity contribution in [3.8, 4) is 0 Å². The van der Waals surface area contributed by atoms with Gasteiger partial charge in [0.05, 0.1) is 16.1 Å². The van der Waals surface area contributed by atoms with E-state index in [4.69, 9.17) is 0 Å². The summed E-state index contributed by atoms with van der Waals surface area (Å²) >= 11 is 0. The summed E-state index contributed by atoms with van der Waals surface area (Å²) in [5.41, 5.74) is 0.897. The van der Waals surface area contributed by atoms with Crippen LogP contribution in [0.1, 0.15) is 22.3 Å². The van der Waals surface area contributed by atoms with Gasteiger partial charge in [0.1, 0.15) is 5.82 Å². The second-order valence-corrected chi connectivity index (χ2v) is 5.41. The third-order valence-electron chi connectivity index (χ3n) is 3.82. The van der Waals surface area contributed by atoms with Crippen LogP contribution in [-0.2, 0) is 12.7 Å². The molecule has 0 N–H and O–H groups in total. The van der Waals surface area contributed by atoms with Crippen LogP contribution in [-0.4, -0.2) is 9.91 Å². The zero-order valence-corrected chi connectivity index (χ0v) is 12.5. The number of hydrogen-bond acceptors (Lipinski definition) is 4. The predicted octanol–water partition coefficient (Wildman–Crippen LogP) is 4.31. The van der Waals surface area contributed by atoms with E-state index in [1.165, 1.54) is 17.2 Å². The number of aryl methyl sites for hydroxylation is 1. The van der Waals surface area contributed by atoms with Gasteiger partial charge in [-0.05, 0) is 30.7 Å². The van der Waals surface area contributed by atoms with Crippen LogP contribution in [0.3, 0.4) is 0 Å². The summed E-state index contributed by atoms with van der Waals surface area (Å²) in [5.74, 6) is 0.134.